The van der Waals surface area contributed by atoms with Gasteiger partial charge in [-0.1, -0.05) is 42.5 Å². The van der Waals surface area contributed by atoms with E-state index in [1.54, 1.807) is 43.6 Å². The zero-order chi connectivity index (χ0) is 24.3. The lowest BCUT2D eigenvalue weighted by atomic mass is 10.0. The van der Waals surface area contributed by atoms with Gasteiger partial charge in [0.1, 0.15) is 17.5 Å². The van der Waals surface area contributed by atoms with Gasteiger partial charge in [0.2, 0.25) is 10.0 Å². The monoisotopic (exact) mass is 498 g/mol. The molecule has 1 heterocycles. The van der Waals surface area contributed by atoms with Gasteiger partial charge in [0.05, 0.1) is 4.90 Å². The summed E-state index contributed by atoms with van der Waals surface area (Å²) in [7, 11) is -3.95. The van der Waals surface area contributed by atoms with Gasteiger partial charge >= 0.3 is 0 Å². The fourth-order valence-electron chi connectivity index (χ4n) is 4.01. The summed E-state index contributed by atoms with van der Waals surface area (Å²) in [6.45, 7) is 3.78. The van der Waals surface area contributed by atoms with Gasteiger partial charge in [0.25, 0.3) is 5.91 Å². The normalized spacial score (nSPS) is 18.3. The standard InChI is InChI=1S/C25H26N2O5S2/c1-25(2)23(24(28)26-29)27(16-17-33-25)34(30,31)22-14-10-19(11-15-22)18-8-12-21(13-9-18)32-20-6-4-3-5-7-20/h3-15,23,29H,16-17H2,1-2H3,(H,26,28)/t23-/m0/s1. The van der Waals surface area contributed by atoms with Crippen molar-refractivity contribution in [1.82, 2.24) is 9.79 Å². The van der Waals surface area contributed by atoms with Crippen LogP contribution in [0.15, 0.2) is 83.8 Å². The first-order valence-corrected chi connectivity index (χ1v) is 13.2. The fraction of sp³-hybridized carbons (Fsp3) is 0.240. The Morgan fingerprint density at radius 2 is 1.53 bits per heavy atom. The molecule has 4 rings (SSSR count). The second kappa shape index (κ2) is 9.79. The molecule has 1 fully saturated rings. The largest absolute Gasteiger partial charge is 0.457 e. The number of sulfonamides is 1. The minimum atomic E-state index is -3.95. The van der Waals surface area contributed by atoms with Gasteiger partial charge in [-0.05, 0) is 61.4 Å². The van der Waals surface area contributed by atoms with Crippen LogP contribution in [0.5, 0.6) is 11.5 Å². The molecule has 2 N–H and O–H groups in total. The molecule has 1 aliphatic heterocycles. The number of carbonyl (C=O) groups is 1. The third-order valence-electron chi connectivity index (χ3n) is 5.72. The lowest BCUT2D eigenvalue weighted by Gasteiger charge is -2.43. The molecule has 0 bridgehead atoms. The van der Waals surface area contributed by atoms with E-state index in [1.165, 1.54) is 16.1 Å². The number of para-hydroxylation sites is 1. The Bertz CT molecular complexity index is 1240. The topological polar surface area (TPSA) is 95.9 Å². The molecule has 1 aliphatic rings. The summed E-state index contributed by atoms with van der Waals surface area (Å²) >= 11 is 1.50. The lowest BCUT2D eigenvalue weighted by Crippen LogP contribution is -2.61. The molecular weight excluding hydrogens is 472 g/mol. The number of thioether (sulfide) groups is 1. The van der Waals surface area contributed by atoms with Crippen molar-refractivity contribution >= 4 is 27.7 Å². The Labute approximate surface area is 203 Å². The number of amides is 1. The number of benzene rings is 3. The minimum Gasteiger partial charge on any atom is -0.457 e. The number of hydrogen-bond acceptors (Lipinski definition) is 6. The Hall–Kier alpha value is -2.85. The van der Waals surface area contributed by atoms with Crippen molar-refractivity contribution in [3.63, 3.8) is 0 Å². The second-order valence-electron chi connectivity index (χ2n) is 8.41. The first-order chi connectivity index (χ1) is 16.2. The van der Waals surface area contributed by atoms with E-state index in [1.807, 2.05) is 54.6 Å². The number of nitrogens with zero attached hydrogens (tertiary/aromatic N) is 1. The third kappa shape index (κ3) is 4.97. The summed E-state index contributed by atoms with van der Waals surface area (Å²) in [5, 5.41) is 9.20. The molecule has 3 aromatic carbocycles. The van der Waals surface area contributed by atoms with Crippen molar-refractivity contribution in [1.29, 1.82) is 0 Å². The van der Waals surface area contributed by atoms with Crippen LogP contribution < -0.4 is 10.2 Å². The Balaban J connectivity index is 1.55. The van der Waals surface area contributed by atoms with Crippen molar-refractivity contribution in [2.45, 2.75) is 29.5 Å². The number of hydrogen-bond donors (Lipinski definition) is 2. The van der Waals surface area contributed by atoms with Gasteiger partial charge < -0.3 is 4.74 Å². The molecule has 1 atom stereocenters. The molecule has 0 aromatic heterocycles. The quantitative estimate of drug-likeness (QED) is 0.383. The van der Waals surface area contributed by atoms with Crippen LogP contribution in [-0.4, -0.2) is 46.9 Å². The van der Waals surface area contributed by atoms with E-state index in [4.69, 9.17) is 4.74 Å². The summed E-state index contributed by atoms with van der Waals surface area (Å²) in [5.41, 5.74) is 3.39. The predicted molar refractivity (Wildman–Crippen MR) is 133 cm³/mol. The zero-order valence-corrected chi connectivity index (χ0v) is 20.5. The number of ether oxygens (including phenoxy) is 1. The van der Waals surface area contributed by atoms with Gasteiger partial charge in [0.15, 0.2) is 0 Å². The maximum Gasteiger partial charge on any atom is 0.263 e. The Kier molecular flexibility index (Phi) is 6.99. The third-order valence-corrected chi connectivity index (χ3v) is 8.95. The average Bonchev–Trinajstić information content (AvgIpc) is 2.84. The molecule has 1 saturated heterocycles. The highest BCUT2D eigenvalue weighted by Crippen LogP contribution is 2.38. The van der Waals surface area contributed by atoms with Crippen molar-refractivity contribution in [2.75, 3.05) is 12.3 Å². The van der Waals surface area contributed by atoms with Gasteiger partial charge in [-0.15, -0.1) is 0 Å². The molecule has 7 nitrogen and oxygen atoms in total. The molecule has 34 heavy (non-hydrogen) atoms. The predicted octanol–water partition coefficient (Wildman–Crippen LogP) is 4.54. The van der Waals surface area contributed by atoms with Crippen LogP contribution in [0.2, 0.25) is 0 Å². The van der Waals surface area contributed by atoms with Crippen LogP contribution in [0.1, 0.15) is 13.8 Å². The smallest absolute Gasteiger partial charge is 0.263 e. The Morgan fingerprint density at radius 3 is 2.12 bits per heavy atom. The molecule has 1 amide bonds. The summed E-state index contributed by atoms with van der Waals surface area (Å²) in [6.07, 6.45) is 0. The molecule has 0 unspecified atom stereocenters. The molecule has 178 valence electrons. The maximum atomic E-state index is 13.4. The minimum absolute atomic E-state index is 0.0960. The van der Waals surface area contributed by atoms with Gasteiger partial charge in [-0.2, -0.15) is 16.1 Å². The van der Waals surface area contributed by atoms with Crippen LogP contribution >= 0.6 is 11.8 Å². The zero-order valence-electron chi connectivity index (χ0n) is 18.8. The molecule has 0 spiro atoms. The molecule has 0 radical (unpaired) electrons. The SMILES string of the molecule is CC1(C)SCCN(S(=O)(=O)c2ccc(-c3ccc(Oc4ccccc4)cc3)cc2)[C@H]1C(=O)NO. The van der Waals surface area contributed by atoms with Crippen molar-refractivity contribution in [2.24, 2.45) is 0 Å². The number of rotatable bonds is 6. The summed E-state index contributed by atoms with van der Waals surface area (Å²) < 4.78 is 33.1. The molecular formula is C25H26N2O5S2. The number of carbonyl (C=O) groups excluding carboxylic acids is 1. The second-order valence-corrected chi connectivity index (χ2v) is 12.0. The fourth-order valence-corrected chi connectivity index (χ4v) is 7.12. The summed E-state index contributed by atoms with van der Waals surface area (Å²) in [5.74, 6) is 1.26. The molecule has 3 aromatic rings. The Morgan fingerprint density at radius 1 is 0.971 bits per heavy atom. The average molecular weight is 499 g/mol. The van der Waals surface area contributed by atoms with Gasteiger partial charge in [0, 0.05) is 17.0 Å². The highest BCUT2D eigenvalue weighted by molar-refractivity contribution is 8.00. The van der Waals surface area contributed by atoms with Crippen molar-refractivity contribution in [3.8, 4) is 22.6 Å². The molecule has 0 aliphatic carbocycles. The highest BCUT2D eigenvalue weighted by atomic mass is 32.2. The van der Waals surface area contributed by atoms with Crippen LogP contribution in [-0.2, 0) is 14.8 Å². The first-order valence-electron chi connectivity index (χ1n) is 10.8. The van der Waals surface area contributed by atoms with Gasteiger partial charge in [-0.25, -0.2) is 13.9 Å². The van der Waals surface area contributed by atoms with E-state index in [0.29, 0.717) is 11.5 Å². The van der Waals surface area contributed by atoms with Crippen LogP contribution in [0, 0.1) is 0 Å². The van der Waals surface area contributed by atoms with Crippen LogP contribution in [0.4, 0.5) is 0 Å². The summed E-state index contributed by atoms with van der Waals surface area (Å²) in [4.78, 5) is 12.5. The highest BCUT2D eigenvalue weighted by Gasteiger charge is 2.48. The van der Waals surface area contributed by atoms with Crippen molar-refractivity contribution in [3.05, 3.63) is 78.9 Å². The van der Waals surface area contributed by atoms with Crippen LogP contribution in [0.3, 0.4) is 0 Å². The van der Waals surface area contributed by atoms with Crippen molar-refractivity contribution < 1.29 is 23.2 Å². The summed E-state index contributed by atoms with van der Waals surface area (Å²) in [6, 6.07) is 22.6. The van der Waals surface area contributed by atoms with Gasteiger partial charge in [-0.3, -0.25) is 10.0 Å². The maximum absolute atomic E-state index is 13.4. The van der Waals surface area contributed by atoms with E-state index in [9.17, 15) is 18.4 Å². The van der Waals surface area contributed by atoms with E-state index in [2.05, 4.69) is 0 Å². The molecule has 0 saturated carbocycles. The van der Waals surface area contributed by atoms with Crippen LogP contribution in [0.25, 0.3) is 11.1 Å². The van der Waals surface area contributed by atoms with E-state index in [-0.39, 0.29) is 11.4 Å². The number of hydroxylamine groups is 1. The molecule has 9 heteroatoms. The van der Waals surface area contributed by atoms with E-state index in [0.717, 1.165) is 16.9 Å². The lowest BCUT2D eigenvalue weighted by molar-refractivity contribution is -0.134. The van der Waals surface area contributed by atoms with E-state index < -0.39 is 26.7 Å². The first kappa shape index (κ1) is 24.3. The number of nitrogens with one attached hydrogen (secondary N) is 1. The van der Waals surface area contributed by atoms with E-state index >= 15 is 0 Å².